The SMILES string of the molecule is CCCCCCCCCCC/C=C/C/C=C/CCCCCCCCCC(=O)OC(COCCC(C(=O)O)[N+](C)(C)C)COC(=O)CCCCCCCCCCC. The molecule has 1 N–H and O–H groups in total. The van der Waals surface area contributed by atoms with Gasteiger partial charge in [0.2, 0.25) is 0 Å². The van der Waals surface area contributed by atoms with E-state index in [9.17, 15) is 19.5 Å². The predicted octanol–water partition coefficient (Wildman–Crippen LogP) is 12.9. The highest BCUT2D eigenvalue weighted by Crippen LogP contribution is 2.15. The summed E-state index contributed by atoms with van der Waals surface area (Å²) in [5, 5.41) is 9.61. The van der Waals surface area contributed by atoms with Gasteiger partial charge in [-0.3, -0.25) is 9.59 Å². The van der Waals surface area contributed by atoms with E-state index >= 15 is 0 Å². The number of likely N-dealkylation sites (N-methyl/N-ethyl adjacent to an activating group) is 1. The number of ether oxygens (including phenoxy) is 3. The van der Waals surface area contributed by atoms with Gasteiger partial charge in [0.1, 0.15) is 6.61 Å². The van der Waals surface area contributed by atoms with Gasteiger partial charge in [-0.25, -0.2) is 4.79 Å². The van der Waals surface area contributed by atoms with Gasteiger partial charge in [0, 0.05) is 19.3 Å². The first-order chi connectivity index (χ1) is 27.1. The van der Waals surface area contributed by atoms with Crippen LogP contribution in [0, 0.1) is 0 Å². The van der Waals surface area contributed by atoms with Crippen LogP contribution in [0.1, 0.15) is 213 Å². The maximum absolute atomic E-state index is 12.7. The van der Waals surface area contributed by atoms with Crippen LogP contribution in [0.25, 0.3) is 0 Å². The van der Waals surface area contributed by atoms with E-state index in [1.165, 1.54) is 128 Å². The molecule has 2 unspecified atom stereocenters. The fraction of sp³-hybridized carbons (Fsp3) is 0.854. The second-order valence-electron chi connectivity index (χ2n) is 17.0. The number of carbonyl (C=O) groups excluding carboxylic acids is 2. The summed E-state index contributed by atoms with van der Waals surface area (Å²) in [5.74, 6) is -1.47. The standard InChI is InChI=1S/C48H89NO7/c1-6-8-10-12-14-16-17-18-19-20-21-22-23-24-25-26-27-28-29-31-33-35-37-39-47(51)56-44(42-54-41-40-45(48(52)53)49(3,4)5)43-55-46(50)38-36-34-32-30-15-13-11-9-7-2/h21-22,24-25,44-45H,6-20,23,26-43H2,1-5H3/p+1/b22-21+,25-24+. The van der Waals surface area contributed by atoms with E-state index in [0.29, 0.717) is 19.3 Å². The lowest BCUT2D eigenvalue weighted by Crippen LogP contribution is -2.50. The van der Waals surface area contributed by atoms with Gasteiger partial charge in [-0.05, 0) is 44.9 Å². The minimum atomic E-state index is -0.875. The molecule has 56 heavy (non-hydrogen) atoms. The van der Waals surface area contributed by atoms with E-state index in [4.69, 9.17) is 14.2 Å². The Hall–Kier alpha value is -2.19. The molecule has 0 saturated heterocycles. The van der Waals surface area contributed by atoms with Crippen molar-refractivity contribution >= 4 is 17.9 Å². The Bertz CT molecular complexity index is 973. The van der Waals surface area contributed by atoms with Crippen LogP contribution in [0.5, 0.6) is 0 Å². The molecule has 0 aliphatic rings. The lowest BCUT2D eigenvalue weighted by molar-refractivity contribution is -0.887. The third-order valence-corrected chi connectivity index (χ3v) is 10.6. The predicted molar refractivity (Wildman–Crippen MR) is 234 cm³/mol. The molecule has 0 amide bonds. The van der Waals surface area contributed by atoms with Crippen LogP contribution < -0.4 is 0 Å². The molecule has 8 heteroatoms. The summed E-state index contributed by atoms with van der Waals surface area (Å²) in [6.45, 7) is 4.72. The van der Waals surface area contributed by atoms with Gasteiger partial charge in [-0.2, -0.15) is 0 Å². The van der Waals surface area contributed by atoms with E-state index in [1.807, 2.05) is 21.1 Å². The quantitative estimate of drug-likeness (QED) is 0.0284. The van der Waals surface area contributed by atoms with Gasteiger partial charge < -0.3 is 23.8 Å². The number of aliphatic carboxylic acids is 1. The van der Waals surface area contributed by atoms with Gasteiger partial charge in [0.05, 0.1) is 34.4 Å². The molecule has 0 aromatic carbocycles. The number of carbonyl (C=O) groups is 3. The molecular formula is C48H90NO7+. The molecule has 0 saturated carbocycles. The number of carboxylic acids is 1. The Labute approximate surface area is 345 Å². The number of rotatable bonds is 42. The summed E-state index contributed by atoms with van der Waals surface area (Å²) < 4.78 is 17.3. The molecule has 0 rings (SSSR count). The first-order valence-corrected chi connectivity index (χ1v) is 23.4. The Morgan fingerprint density at radius 3 is 1.38 bits per heavy atom. The monoisotopic (exact) mass is 793 g/mol. The van der Waals surface area contributed by atoms with Crippen LogP contribution in [0.2, 0.25) is 0 Å². The van der Waals surface area contributed by atoms with Crippen molar-refractivity contribution in [3.63, 3.8) is 0 Å². The molecule has 0 spiro atoms. The fourth-order valence-electron chi connectivity index (χ4n) is 6.95. The van der Waals surface area contributed by atoms with Crippen molar-refractivity contribution in [2.24, 2.45) is 0 Å². The van der Waals surface area contributed by atoms with Crippen LogP contribution in [-0.4, -0.2) is 80.6 Å². The number of unbranched alkanes of at least 4 members (excludes halogenated alkanes) is 24. The highest BCUT2D eigenvalue weighted by molar-refractivity contribution is 5.72. The molecule has 0 fully saturated rings. The van der Waals surface area contributed by atoms with Gasteiger partial charge in [0.25, 0.3) is 0 Å². The lowest BCUT2D eigenvalue weighted by atomic mass is 10.1. The van der Waals surface area contributed by atoms with Gasteiger partial charge in [-0.1, -0.05) is 173 Å². The zero-order valence-corrected chi connectivity index (χ0v) is 37.3. The molecule has 2 atom stereocenters. The number of hydrogen-bond donors (Lipinski definition) is 1. The van der Waals surface area contributed by atoms with Crippen molar-refractivity contribution < 1.29 is 38.2 Å². The van der Waals surface area contributed by atoms with Gasteiger partial charge in [0.15, 0.2) is 12.1 Å². The summed E-state index contributed by atoms with van der Waals surface area (Å²) in [5.41, 5.74) is 0. The number of nitrogens with zero attached hydrogens (tertiary/aromatic N) is 1. The van der Waals surface area contributed by atoms with Crippen LogP contribution in [0.4, 0.5) is 0 Å². The lowest BCUT2D eigenvalue weighted by Gasteiger charge is -2.31. The molecular weight excluding hydrogens is 703 g/mol. The van der Waals surface area contributed by atoms with E-state index in [-0.39, 0.29) is 36.2 Å². The van der Waals surface area contributed by atoms with Gasteiger partial charge in [-0.15, -0.1) is 0 Å². The Morgan fingerprint density at radius 2 is 0.946 bits per heavy atom. The molecule has 0 aliphatic heterocycles. The van der Waals surface area contributed by atoms with E-state index in [0.717, 1.165) is 51.4 Å². The van der Waals surface area contributed by atoms with Crippen LogP contribution in [-0.2, 0) is 28.6 Å². The summed E-state index contributed by atoms with van der Waals surface area (Å²) >= 11 is 0. The van der Waals surface area contributed by atoms with E-state index in [2.05, 4.69) is 38.2 Å². The van der Waals surface area contributed by atoms with Crippen molar-refractivity contribution in [1.29, 1.82) is 0 Å². The molecule has 0 bridgehead atoms. The van der Waals surface area contributed by atoms with E-state index in [1.54, 1.807) is 0 Å². The van der Waals surface area contributed by atoms with Crippen molar-refractivity contribution in [3.8, 4) is 0 Å². The third-order valence-electron chi connectivity index (χ3n) is 10.6. The molecule has 0 aromatic heterocycles. The zero-order chi connectivity index (χ0) is 41.4. The average molecular weight is 793 g/mol. The normalized spacial score (nSPS) is 13.1. The third kappa shape index (κ3) is 37.4. The second kappa shape index (κ2) is 39.6. The zero-order valence-electron chi connectivity index (χ0n) is 37.3. The van der Waals surface area contributed by atoms with Crippen molar-refractivity contribution in [3.05, 3.63) is 24.3 Å². The smallest absolute Gasteiger partial charge is 0.362 e. The first kappa shape index (κ1) is 53.8. The largest absolute Gasteiger partial charge is 0.477 e. The maximum atomic E-state index is 12.7. The summed E-state index contributed by atoms with van der Waals surface area (Å²) in [4.78, 5) is 36.9. The number of esters is 2. The molecule has 0 aliphatic carbocycles. The number of carboxylic acid groups (broad SMARTS) is 1. The minimum Gasteiger partial charge on any atom is -0.477 e. The van der Waals surface area contributed by atoms with E-state index < -0.39 is 18.1 Å². The highest BCUT2D eigenvalue weighted by Gasteiger charge is 2.31. The molecule has 328 valence electrons. The van der Waals surface area contributed by atoms with Crippen molar-refractivity contribution in [2.45, 2.75) is 225 Å². The Balaban J connectivity index is 4.20. The van der Waals surface area contributed by atoms with Crippen LogP contribution >= 0.6 is 0 Å². The highest BCUT2D eigenvalue weighted by atomic mass is 16.6. The summed E-state index contributed by atoms with van der Waals surface area (Å²) in [6, 6.07) is -0.613. The number of hydrogen-bond acceptors (Lipinski definition) is 6. The molecule has 0 aromatic rings. The number of allylic oxidation sites excluding steroid dienone is 4. The van der Waals surface area contributed by atoms with Gasteiger partial charge >= 0.3 is 17.9 Å². The molecule has 0 radical (unpaired) electrons. The van der Waals surface area contributed by atoms with Crippen LogP contribution in [0.3, 0.4) is 0 Å². The van der Waals surface area contributed by atoms with Crippen molar-refractivity contribution in [2.75, 3.05) is 41.0 Å². The Kier molecular flexibility index (Phi) is 38.1. The first-order valence-electron chi connectivity index (χ1n) is 23.4. The Morgan fingerprint density at radius 1 is 0.536 bits per heavy atom. The topological polar surface area (TPSA) is 99.1 Å². The van der Waals surface area contributed by atoms with Crippen molar-refractivity contribution in [1.82, 2.24) is 0 Å². The van der Waals surface area contributed by atoms with Crippen LogP contribution in [0.15, 0.2) is 24.3 Å². The molecule has 0 heterocycles. The summed E-state index contributed by atoms with van der Waals surface area (Å²) in [6.07, 6.45) is 43.7. The average Bonchev–Trinajstić information content (AvgIpc) is 3.15. The second-order valence-corrected chi connectivity index (χ2v) is 17.0. The minimum absolute atomic E-state index is 0.0506. The molecule has 8 nitrogen and oxygen atoms in total. The summed E-state index contributed by atoms with van der Waals surface area (Å²) in [7, 11) is 5.53. The fourth-order valence-corrected chi connectivity index (χ4v) is 6.95. The maximum Gasteiger partial charge on any atom is 0.362 e. The number of quaternary nitrogens is 1.